The number of alkyl halides is 1. The third-order valence-corrected chi connectivity index (χ3v) is 3.72. The Hall–Kier alpha value is -0.930. The van der Waals surface area contributed by atoms with Crippen molar-refractivity contribution in [3.63, 3.8) is 0 Å². The van der Waals surface area contributed by atoms with Crippen LogP contribution in [0.2, 0.25) is 0 Å². The number of hydrogen-bond donors (Lipinski definition) is 1. The van der Waals surface area contributed by atoms with Crippen LogP contribution in [0.15, 0.2) is 30.3 Å². The quantitative estimate of drug-likeness (QED) is 0.787. The topological polar surface area (TPSA) is 29.3 Å². The van der Waals surface area contributed by atoms with Gasteiger partial charge in [0.05, 0.1) is 6.04 Å². The summed E-state index contributed by atoms with van der Waals surface area (Å²) in [5.41, 5.74) is 7.12. The Morgan fingerprint density at radius 1 is 1.33 bits per heavy atom. The predicted molar refractivity (Wildman–Crippen MR) is 57.0 cm³/mol. The maximum absolute atomic E-state index is 13.4. The van der Waals surface area contributed by atoms with Gasteiger partial charge in [0, 0.05) is 25.0 Å². The highest BCUT2D eigenvalue weighted by molar-refractivity contribution is 5.19. The van der Waals surface area contributed by atoms with Gasteiger partial charge in [-0.25, -0.2) is 4.39 Å². The number of rotatable bonds is 2. The van der Waals surface area contributed by atoms with E-state index in [4.69, 9.17) is 5.73 Å². The third kappa shape index (κ3) is 1.30. The van der Waals surface area contributed by atoms with Gasteiger partial charge in [0.15, 0.2) is 0 Å². The number of hydrogen-bond acceptors (Lipinski definition) is 2. The van der Waals surface area contributed by atoms with Gasteiger partial charge in [0.2, 0.25) is 0 Å². The summed E-state index contributed by atoms with van der Waals surface area (Å²) in [6.45, 7) is 1.65. The lowest BCUT2D eigenvalue weighted by Crippen LogP contribution is -2.58. The zero-order valence-corrected chi connectivity index (χ0v) is 8.51. The highest BCUT2D eigenvalue weighted by Crippen LogP contribution is 2.42. The van der Waals surface area contributed by atoms with E-state index >= 15 is 0 Å². The second kappa shape index (κ2) is 3.29. The zero-order valence-electron chi connectivity index (χ0n) is 8.51. The molecular weight excluding hydrogens is 191 g/mol. The normalized spacial score (nSPS) is 39.1. The van der Waals surface area contributed by atoms with Gasteiger partial charge in [0.25, 0.3) is 0 Å². The van der Waals surface area contributed by atoms with E-state index in [9.17, 15) is 4.39 Å². The molecule has 1 aliphatic carbocycles. The smallest absolute Gasteiger partial charge is 0.123 e. The zero-order chi connectivity index (χ0) is 10.4. The van der Waals surface area contributed by atoms with E-state index in [0.717, 1.165) is 13.1 Å². The molecule has 2 heterocycles. The van der Waals surface area contributed by atoms with Crippen LogP contribution in [0.1, 0.15) is 5.56 Å². The molecule has 3 heteroatoms. The number of nitrogens with zero attached hydrogens (tertiary/aromatic N) is 1. The standard InChI is InChI=1S/C12H15FN2/c13-10-9-7-15(12(10)11(9)14)6-8-4-2-1-3-5-8/h1-5,9-12H,6-7,14H2/t9-,10-,11+,12+/m1/s1. The van der Waals surface area contributed by atoms with Crippen LogP contribution in [0.5, 0.6) is 0 Å². The summed E-state index contributed by atoms with van der Waals surface area (Å²) in [5.74, 6) is 0.0821. The van der Waals surface area contributed by atoms with Gasteiger partial charge in [-0.15, -0.1) is 0 Å². The lowest BCUT2D eigenvalue weighted by Gasteiger charge is -2.37. The fourth-order valence-corrected chi connectivity index (χ4v) is 2.83. The first-order chi connectivity index (χ1) is 7.27. The molecule has 4 rings (SSSR count). The molecule has 4 atom stereocenters. The van der Waals surface area contributed by atoms with E-state index < -0.39 is 6.17 Å². The van der Waals surface area contributed by atoms with E-state index in [1.807, 2.05) is 18.2 Å². The minimum atomic E-state index is -0.691. The second-order valence-corrected chi connectivity index (χ2v) is 4.59. The molecule has 1 aromatic carbocycles. The summed E-state index contributed by atoms with van der Waals surface area (Å²) in [7, 11) is 0. The summed E-state index contributed by atoms with van der Waals surface area (Å²) in [4.78, 5) is 2.18. The van der Waals surface area contributed by atoms with Crippen molar-refractivity contribution in [1.29, 1.82) is 0 Å². The van der Waals surface area contributed by atoms with Crippen molar-refractivity contribution < 1.29 is 4.39 Å². The minimum Gasteiger partial charge on any atom is -0.326 e. The van der Waals surface area contributed by atoms with Crippen LogP contribution < -0.4 is 5.73 Å². The van der Waals surface area contributed by atoms with Gasteiger partial charge in [-0.05, 0) is 5.56 Å². The monoisotopic (exact) mass is 206 g/mol. The largest absolute Gasteiger partial charge is 0.326 e. The Balaban J connectivity index is 1.71. The molecular formula is C12H15FN2. The Labute approximate surface area is 88.9 Å². The fraction of sp³-hybridized carbons (Fsp3) is 0.500. The Bertz CT molecular complexity index is 344. The average molecular weight is 206 g/mol. The Morgan fingerprint density at radius 2 is 2.07 bits per heavy atom. The molecule has 1 saturated carbocycles. The first kappa shape index (κ1) is 9.31. The predicted octanol–water partition coefficient (Wildman–Crippen LogP) is 1.17. The van der Waals surface area contributed by atoms with Gasteiger partial charge in [-0.3, -0.25) is 4.90 Å². The molecule has 1 aromatic rings. The molecule has 0 spiro atoms. The Kier molecular flexibility index (Phi) is 2.04. The minimum absolute atomic E-state index is 0.0322. The first-order valence-corrected chi connectivity index (χ1v) is 5.45. The van der Waals surface area contributed by atoms with Crippen LogP contribution in [0.4, 0.5) is 4.39 Å². The molecule has 15 heavy (non-hydrogen) atoms. The van der Waals surface area contributed by atoms with Crippen LogP contribution in [0.25, 0.3) is 0 Å². The highest BCUT2D eigenvalue weighted by atomic mass is 19.1. The number of halogens is 1. The van der Waals surface area contributed by atoms with E-state index in [-0.39, 0.29) is 18.0 Å². The molecule has 3 fully saturated rings. The first-order valence-electron chi connectivity index (χ1n) is 5.45. The molecule has 80 valence electrons. The van der Waals surface area contributed by atoms with Gasteiger partial charge >= 0.3 is 0 Å². The third-order valence-electron chi connectivity index (χ3n) is 3.72. The van der Waals surface area contributed by atoms with Crippen molar-refractivity contribution in [3.05, 3.63) is 35.9 Å². The van der Waals surface area contributed by atoms with Crippen LogP contribution in [0.3, 0.4) is 0 Å². The number of fused-ring (bicyclic) bond motifs is 1. The van der Waals surface area contributed by atoms with Crippen molar-refractivity contribution in [3.8, 4) is 0 Å². The molecule has 2 bridgehead atoms. The summed E-state index contributed by atoms with van der Waals surface area (Å²) >= 11 is 0. The van der Waals surface area contributed by atoms with Crippen LogP contribution in [0, 0.1) is 5.92 Å². The molecule has 0 aromatic heterocycles. The molecule has 0 unspecified atom stereocenters. The van der Waals surface area contributed by atoms with Crippen LogP contribution >= 0.6 is 0 Å². The van der Waals surface area contributed by atoms with Crippen molar-refractivity contribution in [2.45, 2.75) is 24.8 Å². The number of nitrogens with two attached hydrogens (primary N) is 1. The van der Waals surface area contributed by atoms with Crippen molar-refractivity contribution in [2.75, 3.05) is 6.54 Å². The van der Waals surface area contributed by atoms with Crippen molar-refractivity contribution >= 4 is 0 Å². The second-order valence-electron chi connectivity index (χ2n) is 4.59. The van der Waals surface area contributed by atoms with E-state index in [0.29, 0.717) is 0 Å². The van der Waals surface area contributed by atoms with E-state index in [1.54, 1.807) is 0 Å². The van der Waals surface area contributed by atoms with E-state index in [2.05, 4.69) is 17.0 Å². The lowest BCUT2D eigenvalue weighted by molar-refractivity contribution is 0.0749. The number of benzene rings is 1. The summed E-state index contributed by atoms with van der Waals surface area (Å²) in [5, 5.41) is 0. The summed E-state index contributed by atoms with van der Waals surface area (Å²) in [6, 6.07) is 10.2. The van der Waals surface area contributed by atoms with Crippen molar-refractivity contribution in [1.82, 2.24) is 4.90 Å². The molecule has 2 saturated heterocycles. The van der Waals surface area contributed by atoms with Crippen molar-refractivity contribution in [2.24, 2.45) is 11.7 Å². The van der Waals surface area contributed by atoms with Gasteiger partial charge in [-0.2, -0.15) is 0 Å². The van der Waals surface area contributed by atoms with Gasteiger partial charge < -0.3 is 5.73 Å². The molecule has 2 aliphatic heterocycles. The van der Waals surface area contributed by atoms with Gasteiger partial charge in [0.1, 0.15) is 6.17 Å². The maximum Gasteiger partial charge on any atom is 0.123 e. The molecule has 2 nitrogen and oxygen atoms in total. The van der Waals surface area contributed by atoms with E-state index in [1.165, 1.54) is 5.56 Å². The van der Waals surface area contributed by atoms with Crippen LogP contribution in [-0.2, 0) is 6.54 Å². The molecule has 3 aliphatic rings. The average Bonchev–Trinajstić information content (AvgIpc) is 2.75. The fourth-order valence-electron chi connectivity index (χ4n) is 2.83. The Morgan fingerprint density at radius 3 is 2.60 bits per heavy atom. The van der Waals surface area contributed by atoms with Gasteiger partial charge in [-0.1, -0.05) is 30.3 Å². The highest BCUT2D eigenvalue weighted by Gasteiger charge is 2.58. The molecule has 0 radical (unpaired) electrons. The molecule has 0 amide bonds. The lowest BCUT2D eigenvalue weighted by atomic mass is 9.78. The summed E-state index contributed by atoms with van der Waals surface area (Å²) in [6.07, 6.45) is -0.691. The van der Waals surface area contributed by atoms with Crippen LogP contribution in [-0.4, -0.2) is 29.7 Å². The maximum atomic E-state index is 13.4. The SMILES string of the molecule is N[C@H]1[C@@H]2CN(Cc3ccccc3)[C@H]1[C@@H]2F. The summed E-state index contributed by atoms with van der Waals surface area (Å²) < 4.78 is 13.4. The molecule has 2 N–H and O–H groups in total.